The molecule has 2 aromatic rings. The SMILES string of the molecule is CCCNC(=O)c1ccc2c(c1)N(Cc1ccc(F)cc1)C(=O)CS2. The fourth-order valence-electron chi connectivity index (χ4n) is 2.63. The first-order valence-electron chi connectivity index (χ1n) is 8.18. The molecule has 0 aliphatic carbocycles. The molecule has 2 amide bonds. The number of rotatable bonds is 5. The Morgan fingerprint density at radius 3 is 2.72 bits per heavy atom. The lowest BCUT2D eigenvalue weighted by Crippen LogP contribution is -2.35. The molecule has 0 fully saturated rings. The minimum Gasteiger partial charge on any atom is -0.352 e. The van der Waals surface area contributed by atoms with Crippen LogP contribution in [0.3, 0.4) is 0 Å². The Morgan fingerprint density at radius 2 is 2.00 bits per heavy atom. The molecule has 4 nitrogen and oxygen atoms in total. The number of carbonyl (C=O) groups excluding carboxylic acids is 2. The van der Waals surface area contributed by atoms with Gasteiger partial charge in [-0.3, -0.25) is 9.59 Å². The maximum atomic E-state index is 13.1. The summed E-state index contributed by atoms with van der Waals surface area (Å²) in [5, 5.41) is 2.85. The highest BCUT2D eigenvalue weighted by molar-refractivity contribution is 8.00. The minimum atomic E-state index is -0.306. The number of halogens is 1. The van der Waals surface area contributed by atoms with Crippen LogP contribution in [0.15, 0.2) is 47.4 Å². The molecular weight excluding hydrogens is 339 g/mol. The molecule has 0 unspecified atom stereocenters. The lowest BCUT2D eigenvalue weighted by molar-refractivity contribution is -0.116. The summed E-state index contributed by atoms with van der Waals surface area (Å²) >= 11 is 1.47. The number of hydrogen-bond donors (Lipinski definition) is 1. The van der Waals surface area contributed by atoms with Crippen molar-refractivity contribution in [3.05, 3.63) is 59.4 Å². The summed E-state index contributed by atoms with van der Waals surface area (Å²) in [5.74, 6) is -0.114. The van der Waals surface area contributed by atoms with E-state index in [1.165, 1.54) is 23.9 Å². The van der Waals surface area contributed by atoms with E-state index >= 15 is 0 Å². The fourth-order valence-corrected chi connectivity index (χ4v) is 3.55. The van der Waals surface area contributed by atoms with Crippen LogP contribution in [-0.2, 0) is 11.3 Å². The maximum absolute atomic E-state index is 13.1. The lowest BCUT2D eigenvalue weighted by Gasteiger charge is -2.29. The second-order valence-electron chi connectivity index (χ2n) is 5.83. The van der Waals surface area contributed by atoms with Gasteiger partial charge in [0.05, 0.1) is 18.0 Å². The van der Waals surface area contributed by atoms with E-state index in [1.807, 2.05) is 13.0 Å². The minimum absolute atomic E-state index is 0.0204. The highest BCUT2D eigenvalue weighted by Crippen LogP contribution is 2.36. The molecule has 2 aromatic carbocycles. The molecule has 6 heteroatoms. The van der Waals surface area contributed by atoms with Gasteiger partial charge < -0.3 is 10.2 Å². The van der Waals surface area contributed by atoms with Crippen molar-refractivity contribution in [3.63, 3.8) is 0 Å². The first kappa shape index (κ1) is 17.5. The first-order valence-corrected chi connectivity index (χ1v) is 9.17. The molecule has 0 bridgehead atoms. The number of nitrogens with one attached hydrogen (secondary N) is 1. The van der Waals surface area contributed by atoms with E-state index in [0.29, 0.717) is 24.4 Å². The third-order valence-electron chi connectivity index (χ3n) is 3.95. The topological polar surface area (TPSA) is 49.4 Å². The highest BCUT2D eigenvalue weighted by atomic mass is 32.2. The highest BCUT2D eigenvalue weighted by Gasteiger charge is 2.26. The number of anilines is 1. The standard InChI is InChI=1S/C19H19FN2O2S/c1-2-9-21-19(24)14-5-8-17-16(10-14)22(18(23)12-25-17)11-13-3-6-15(20)7-4-13/h3-8,10H,2,9,11-12H2,1H3,(H,21,24). The molecule has 0 saturated heterocycles. The monoisotopic (exact) mass is 358 g/mol. The van der Waals surface area contributed by atoms with Crippen LogP contribution < -0.4 is 10.2 Å². The lowest BCUT2D eigenvalue weighted by atomic mass is 10.1. The number of hydrogen-bond acceptors (Lipinski definition) is 3. The second kappa shape index (κ2) is 7.70. The molecule has 130 valence electrons. The zero-order valence-corrected chi connectivity index (χ0v) is 14.7. The molecule has 0 radical (unpaired) electrons. The summed E-state index contributed by atoms with van der Waals surface area (Å²) in [6.45, 7) is 2.96. The van der Waals surface area contributed by atoms with Gasteiger partial charge in [0.15, 0.2) is 0 Å². The Labute approximate surface area is 150 Å². The fraction of sp³-hybridized carbons (Fsp3) is 0.263. The van der Waals surface area contributed by atoms with Crippen LogP contribution in [0.2, 0.25) is 0 Å². The summed E-state index contributed by atoms with van der Waals surface area (Å²) in [4.78, 5) is 27.3. The summed E-state index contributed by atoms with van der Waals surface area (Å²) in [7, 11) is 0. The van der Waals surface area contributed by atoms with Gasteiger partial charge in [-0.2, -0.15) is 0 Å². The van der Waals surface area contributed by atoms with E-state index in [1.54, 1.807) is 29.2 Å². The summed E-state index contributed by atoms with van der Waals surface area (Å²) in [5.41, 5.74) is 2.11. The molecule has 1 aliphatic rings. The number of benzene rings is 2. The molecule has 3 rings (SSSR count). The van der Waals surface area contributed by atoms with Gasteiger partial charge in [0.2, 0.25) is 5.91 Å². The largest absolute Gasteiger partial charge is 0.352 e. The number of fused-ring (bicyclic) bond motifs is 1. The van der Waals surface area contributed by atoms with Crippen LogP contribution in [0.4, 0.5) is 10.1 Å². The van der Waals surface area contributed by atoms with E-state index in [0.717, 1.165) is 22.6 Å². The van der Waals surface area contributed by atoms with Crippen molar-refractivity contribution in [2.24, 2.45) is 0 Å². The van der Waals surface area contributed by atoms with Crippen LogP contribution in [0, 0.1) is 5.82 Å². The van der Waals surface area contributed by atoms with Gasteiger partial charge in [-0.15, -0.1) is 11.8 Å². The molecule has 25 heavy (non-hydrogen) atoms. The Hall–Kier alpha value is -2.34. The number of amides is 2. The molecule has 1 heterocycles. The third-order valence-corrected chi connectivity index (χ3v) is 5.00. The normalized spacial score (nSPS) is 13.5. The number of nitrogens with zero attached hydrogens (tertiary/aromatic N) is 1. The predicted molar refractivity (Wildman–Crippen MR) is 97.4 cm³/mol. The van der Waals surface area contributed by atoms with Crippen molar-refractivity contribution >= 4 is 29.3 Å². The smallest absolute Gasteiger partial charge is 0.251 e. The van der Waals surface area contributed by atoms with E-state index in [-0.39, 0.29) is 17.6 Å². The van der Waals surface area contributed by atoms with Gasteiger partial charge >= 0.3 is 0 Å². The molecule has 0 spiro atoms. The molecule has 1 N–H and O–H groups in total. The zero-order valence-electron chi connectivity index (χ0n) is 13.9. The van der Waals surface area contributed by atoms with Crippen LogP contribution >= 0.6 is 11.8 Å². The van der Waals surface area contributed by atoms with Crippen LogP contribution in [0.25, 0.3) is 0 Å². The van der Waals surface area contributed by atoms with Gasteiger partial charge in [0.1, 0.15) is 5.82 Å². The number of thioether (sulfide) groups is 1. The van der Waals surface area contributed by atoms with Gasteiger partial charge in [-0.25, -0.2) is 4.39 Å². The quantitative estimate of drug-likeness (QED) is 0.888. The van der Waals surface area contributed by atoms with Gasteiger partial charge in [-0.05, 0) is 42.3 Å². The average molecular weight is 358 g/mol. The summed E-state index contributed by atoms with van der Waals surface area (Å²) in [6, 6.07) is 11.5. The van der Waals surface area contributed by atoms with Crippen molar-refractivity contribution in [3.8, 4) is 0 Å². The molecule has 1 aliphatic heterocycles. The zero-order chi connectivity index (χ0) is 17.8. The summed E-state index contributed by atoms with van der Waals surface area (Å²) < 4.78 is 13.1. The van der Waals surface area contributed by atoms with Crippen LogP contribution in [0.1, 0.15) is 29.3 Å². The average Bonchev–Trinajstić information content (AvgIpc) is 2.63. The van der Waals surface area contributed by atoms with Gasteiger partial charge in [0, 0.05) is 17.0 Å². The Bertz CT molecular complexity index is 793. The van der Waals surface area contributed by atoms with E-state index in [4.69, 9.17) is 0 Å². The number of carbonyl (C=O) groups is 2. The Kier molecular flexibility index (Phi) is 5.38. The van der Waals surface area contributed by atoms with Gasteiger partial charge in [-0.1, -0.05) is 19.1 Å². The van der Waals surface area contributed by atoms with Crippen molar-refractivity contribution in [1.29, 1.82) is 0 Å². The molecule has 0 saturated carbocycles. The third kappa shape index (κ3) is 4.02. The summed E-state index contributed by atoms with van der Waals surface area (Å²) in [6.07, 6.45) is 0.863. The van der Waals surface area contributed by atoms with Crippen molar-refractivity contribution in [2.75, 3.05) is 17.2 Å². The van der Waals surface area contributed by atoms with Crippen molar-refractivity contribution < 1.29 is 14.0 Å². The van der Waals surface area contributed by atoms with Crippen LogP contribution in [-0.4, -0.2) is 24.1 Å². The van der Waals surface area contributed by atoms with Crippen molar-refractivity contribution in [2.45, 2.75) is 24.8 Å². The van der Waals surface area contributed by atoms with E-state index < -0.39 is 0 Å². The second-order valence-corrected chi connectivity index (χ2v) is 6.85. The van der Waals surface area contributed by atoms with Crippen LogP contribution in [0.5, 0.6) is 0 Å². The van der Waals surface area contributed by atoms with E-state index in [2.05, 4.69) is 5.32 Å². The van der Waals surface area contributed by atoms with Crippen molar-refractivity contribution in [1.82, 2.24) is 5.32 Å². The predicted octanol–water partition coefficient (Wildman–Crippen LogP) is 3.60. The van der Waals surface area contributed by atoms with E-state index in [9.17, 15) is 14.0 Å². The Morgan fingerprint density at radius 1 is 1.24 bits per heavy atom. The molecular formula is C19H19FN2O2S. The van der Waals surface area contributed by atoms with Gasteiger partial charge in [0.25, 0.3) is 5.91 Å². The first-order chi connectivity index (χ1) is 12.1. The molecule has 0 aromatic heterocycles. The Balaban J connectivity index is 1.89. The molecule has 0 atom stereocenters. The maximum Gasteiger partial charge on any atom is 0.251 e.